The van der Waals surface area contributed by atoms with E-state index in [1.165, 1.54) is 21.7 Å². The van der Waals surface area contributed by atoms with Gasteiger partial charge in [0.1, 0.15) is 16.7 Å². The highest BCUT2D eigenvalue weighted by Crippen LogP contribution is 2.36. The molecule has 3 heterocycles. The summed E-state index contributed by atoms with van der Waals surface area (Å²) in [5.41, 5.74) is 6.54. The molecular formula is C43H25N3O2. The van der Waals surface area contributed by atoms with Gasteiger partial charge in [-0.1, -0.05) is 109 Å². The number of nitrogens with zero attached hydrogens (tertiary/aromatic N) is 3. The maximum Gasteiger partial charge on any atom is 0.199 e. The second kappa shape index (κ2) is 10.5. The van der Waals surface area contributed by atoms with Crippen molar-refractivity contribution < 1.29 is 8.83 Å². The van der Waals surface area contributed by atoms with Crippen LogP contribution in [0.2, 0.25) is 0 Å². The van der Waals surface area contributed by atoms with Crippen molar-refractivity contribution in [1.82, 2.24) is 15.0 Å². The first-order valence-corrected chi connectivity index (χ1v) is 15.9. The van der Waals surface area contributed by atoms with Gasteiger partial charge in [0.05, 0.1) is 0 Å². The van der Waals surface area contributed by atoms with Crippen molar-refractivity contribution >= 4 is 54.5 Å². The van der Waals surface area contributed by atoms with Crippen LogP contribution < -0.4 is 0 Å². The Balaban J connectivity index is 1.13. The molecule has 0 atom stereocenters. The number of benzene rings is 7. The molecule has 0 amide bonds. The average Bonchev–Trinajstić information content (AvgIpc) is 3.75. The molecule has 0 radical (unpaired) electrons. The van der Waals surface area contributed by atoms with Crippen molar-refractivity contribution in [3.8, 4) is 45.5 Å². The standard InChI is InChI=1S/C43H25N3O2/c1-2-10-30-24-39-36(22-29(30)9-1)35-23-32(20-21-38(35)48-39)42-44-41(45-43(46-42)40-25-31-11-4-6-15-37(31)47-40)28-18-16-27(17-19-28)34-14-7-12-26-8-3-5-13-33(26)34/h1-25H. The first-order valence-electron chi connectivity index (χ1n) is 15.9. The molecule has 5 heteroatoms. The highest BCUT2D eigenvalue weighted by atomic mass is 16.3. The van der Waals surface area contributed by atoms with Gasteiger partial charge in [-0.05, 0) is 75.1 Å². The number of hydrogen-bond acceptors (Lipinski definition) is 5. The summed E-state index contributed by atoms with van der Waals surface area (Å²) in [6.45, 7) is 0. The fraction of sp³-hybridized carbons (Fsp3) is 0. The van der Waals surface area contributed by atoms with E-state index in [4.69, 9.17) is 23.8 Å². The van der Waals surface area contributed by atoms with Gasteiger partial charge in [-0.2, -0.15) is 0 Å². The van der Waals surface area contributed by atoms with Gasteiger partial charge in [0.15, 0.2) is 23.2 Å². The number of hydrogen-bond donors (Lipinski definition) is 0. The summed E-state index contributed by atoms with van der Waals surface area (Å²) in [6, 6.07) is 52.0. The van der Waals surface area contributed by atoms with Crippen LogP contribution >= 0.6 is 0 Å². The summed E-state index contributed by atoms with van der Waals surface area (Å²) in [5.74, 6) is 2.20. The first-order chi connectivity index (χ1) is 23.7. The molecule has 3 aromatic heterocycles. The van der Waals surface area contributed by atoms with Gasteiger partial charge in [0, 0.05) is 27.3 Å². The van der Waals surface area contributed by atoms with Crippen LogP contribution in [0.1, 0.15) is 0 Å². The topological polar surface area (TPSA) is 65.0 Å². The largest absolute Gasteiger partial charge is 0.456 e. The second-order valence-electron chi connectivity index (χ2n) is 12.1. The van der Waals surface area contributed by atoms with Crippen LogP contribution in [0.25, 0.3) is 99.9 Å². The lowest BCUT2D eigenvalue weighted by Crippen LogP contribution is -1.99. The summed E-state index contributed by atoms with van der Waals surface area (Å²) in [6.07, 6.45) is 0. The maximum absolute atomic E-state index is 6.28. The molecule has 10 aromatic rings. The highest BCUT2D eigenvalue weighted by Gasteiger charge is 2.17. The Kier molecular flexibility index (Phi) is 5.81. The van der Waals surface area contributed by atoms with Gasteiger partial charge in [-0.25, -0.2) is 15.0 Å². The minimum atomic E-state index is 0.479. The van der Waals surface area contributed by atoms with Crippen molar-refractivity contribution in [3.05, 3.63) is 152 Å². The third kappa shape index (κ3) is 4.37. The molecule has 0 aliphatic rings. The van der Waals surface area contributed by atoms with E-state index in [0.717, 1.165) is 55.0 Å². The average molecular weight is 616 g/mol. The molecule has 48 heavy (non-hydrogen) atoms. The lowest BCUT2D eigenvalue weighted by atomic mass is 9.97. The van der Waals surface area contributed by atoms with E-state index >= 15 is 0 Å². The number of fused-ring (bicyclic) bond motifs is 6. The van der Waals surface area contributed by atoms with Gasteiger partial charge in [0.25, 0.3) is 0 Å². The van der Waals surface area contributed by atoms with Gasteiger partial charge in [0.2, 0.25) is 0 Å². The SMILES string of the molecule is c1ccc2cc3c(cc2c1)oc1ccc(-c2nc(-c4ccc(-c5cccc6ccccc56)cc4)nc(-c4cc5ccccc5o4)n2)cc13. The van der Waals surface area contributed by atoms with Crippen LogP contribution in [0.3, 0.4) is 0 Å². The quantitative estimate of drug-likeness (QED) is 0.197. The Morgan fingerprint density at radius 2 is 0.958 bits per heavy atom. The fourth-order valence-corrected chi connectivity index (χ4v) is 6.71. The Labute approximate surface area is 274 Å². The molecule has 0 bridgehead atoms. The minimum absolute atomic E-state index is 0.479. The first kappa shape index (κ1) is 26.6. The smallest absolute Gasteiger partial charge is 0.199 e. The molecule has 0 saturated carbocycles. The number of furan rings is 2. The normalized spacial score (nSPS) is 11.8. The van der Waals surface area contributed by atoms with Crippen molar-refractivity contribution in [3.63, 3.8) is 0 Å². The molecule has 0 spiro atoms. The third-order valence-corrected chi connectivity index (χ3v) is 9.12. The van der Waals surface area contributed by atoms with Gasteiger partial charge in [-0.15, -0.1) is 0 Å². The Morgan fingerprint density at radius 1 is 0.333 bits per heavy atom. The zero-order chi connectivity index (χ0) is 31.6. The molecule has 224 valence electrons. The van der Waals surface area contributed by atoms with Crippen LogP contribution in [-0.4, -0.2) is 15.0 Å². The minimum Gasteiger partial charge on any atom is -0.456 e. The van der Waals surface area contributed by atoms with Crippen LogP contribution in [-0.2, 0) is 0 Å². The number of para-hydroxylation sites is 1. The molecule has 0 aliphatic heterocycles. The van der Waals surface area contributed by atoms with Gasteiger partial charge in [-0.3, -0.25) is 0 Å². The van der Waals surface area contributed by atoms with Crippen molar-refractivity contribution in [2.75, 3.05) is 0 Å². The summed E-state index contributed by atoms with van der Waals surface area (Å²) in [7, 11) is 0. The van der Waals surface area contributed by atoms with Crippen molar-refractivity contribution in [2.24, 2.45) is 0 Å². The molecule has 0 saturated heterocycles. The van der Waals surface area contributed by atoms with Gasteiger partial charge >= 0.3 is 0 Å². The predicted molar refractivity (Wildman–Crippen MR) is 194 cm³/mol. The van der Waals surface area contributed by atoms with Crippen LogP contribution in [0.15, 0.2) is 160 Å². The second-order valence-corrected chi connectivity index (χ2v) is 12.1. The summed E-state index contributed by atoms with van der Waals surface area (Å²) in [5, 5.41) is 7.81. The van der Waals surface area contributed by atoms with E-state index < -0.39 is 0 Å². The van der Waals surface area contributed by atoms with E-state index in [1.54, 1.807) is 0 Å². The van der Waals surface area contributed by atoms with Crippen molar-refractivity contribution in [2.45, 2.75) is 0 Å². The highest BCUT2D eigenvalue weighted by molar-refractivity contribution is 6.11. The van der Waals surface area contributed by atoms with Gasteiger partial charge < -0.3 is 8.83 Å². The fourth-order valence-electron chi connectivity index (χ4n) is 6.71. The lowest BCUT2D eigenvalue weighted by molar-refractivity contribution is 0.625. The Hall–Kier alpha value is -6.59. The number of rotatable bonds is 4. The predicted octanol–water partition coefficient (Wildman–Crippen LogP) is 11.5. The van der Waals surface area contributed by atoms with E-state index in [9.17, 15) is 0 Å². The molecule has 0 unspecified atom stereocenters. The molecular weight excluding hydrogens is 590 g/mol. The molecule has 0 fully saturated rings. The van der Waals surface area contributed by atoms with E-state index in [-0.39, 0.29) is 0 Å². The van der Waals surface area contributed by atoms with Crippen LogP contribution in [0.5, 0.6) is 0 Å². The molecule has 10 rings (SSSR count). The Bertz CT molecular complexity index is 2810. The third-order valence-electron chi connectivity index (χ3n) is 9.12. The molecule has 0 aliphatic carbocycles. The zero-order valence-corrected chi connectivity index (χ0v) is 25.6. The van der Waals surface area contributed by atoms with E-state index in [0.29, 0.717) is 23.2 Å². The molecule has 0 N–H and O–H groups in total. The van der Waals surface area contributed by atoms with E-state index in [1.807, 2.05) is 48.5 Å². The lowest BCUT2D eigenvalue weighted by Gasteiger charge is -2.09. The van der Waals surface area contributed by atoms with Crippen LogP contribution in [0, 0.1) is 0 Å². The monoisotopic (exact) mass is 615 g/mol. The summed E-state index contributed by atoms with van der Waals surface area (Å²) in [4.78, 5) is 14.9. The van der Waals surface area contributed by atoms with Crippen molar-refractivity contribution in [1.29, 1.82) is 0 Å². The molecule has 5 nitrogen and oxygen atoms in total. The zero-order valence-electron chi connectivity index (χ0n) is 25.6. The van der Waals surface area contributed by atoms with Crippen LogP contribution in [0.4, 0.5) is 0 Å². The molecule has 7 aromatic carbocycles. The maximum atomic E-state index is 6.28. The Morgan fingerprint density at radius 3 is 1.79 bits per heavy atom. The summed E-state index contributed by atoms with van der Waals surface area (Å²) >= 11 is 0. The summed E-state index contributed by atoms with van der Waals surface area (Å²) < 4.78 is 12.5. The number of aromatic nitrogens is 3. The van der Waals surface area contributed by atoms with E-state index in [2.05, 4.69) is 103 Å².